The fraction of sp³-hybridized carbons (Fsp3) is 0.474. The van der Waals surface area contributed by atoms with Crippen molar-refractivity contribution in [1.82, 2.24) is 20.0 Å². The van der Waals surface area contributed by atoms with Crippen LogP contribution in [-0.4, -0.2) is 33.1 Å². The highest BCUT2D eigenvalue weighted by molar-refractivity contribution is 5.74. The lowest BCUT2D eigenvalue weighted by Crippen LogP contribution is -2.32. The molecule has 1 aliphatic heterocycles. The van der Waals surface area contributed by atoms with Crippen LogP contribution >= 0.6 is 0 Å². The van der Waals surface area contributed by atoms with Gasteiger partial charge in [-0.3, -0.25) is 4.90 Å². The number of hydrogen-bond donors (Lipinski definition) is 1. The van der Waals surface area contributed by atoms with E-state index in [1.165, 1.54) is 0 Å². The van der Waals surface area contributed by atoms with Crippen molar-refractivity contribution in [2.75, 3.05) is 13.1 Å². The van der Waals surface area contributed by atoms with Gasteiger partial charge in [0.15, 0.2) is 5.76 Å². The quantitative estimate of drug-likeness (QED) is 0.786. The van der Waals surface area contributed by atoms with E-state index in [0.717, 1.165) is 60.8 Å². The van der Waals surface area contributed by atoms with Gasteiger partial charge in [0.1, 0.15) is 5.82 Å². The van der Waals surface area contributed by atoms with Crippen molar-refractivity contribution in [3.05, 3.63) is 47.6 Å². The molecule has 4 rings (SSSR count). The normalized spacial score (nSPS) is 17.1. The molecule has 1 saturated heterocycles. The Morgan fingerprint density at radius 2 is 2.04 bits per heavy atom. The largest absolute Gasteiger partial charge is 0.360 e. The summed E-state index contributed by atoms with van der Waals surface area (Å²) in [5.41, 5.74) is 3.25. The van der Waals surface area contributed by atoms with Crippen LogP contribution in [0.25, 0.3) is 11.0 Å². The SMILES string of the molecule is CC(C)c1cc(CN2CCC(c3nc4ccccc4[nH]3)CC2)on1. The Kier molecular flexibility index (Phi) is 4.10. The minimum absolute atomic E-state index is 0.418. The number of hydrogen-bond acceptors (Lipinski definition) is 4. The summed E-state index contributed by atoms with van der Waals surface area (Å²) in [7, 11) is 0. The van der Waals surface area contributed by atoms with Crippen molar-refractivity contribution in [2.45, 2.75) is 45.1 Å². The van der Waals surface area contributed by atoms with E-state index in [0.29, 0.717) is 11.8 Å². The zero-order valence-electron chi connectivity index (χ0n) is 14.3. The molecule has 0 saturated carbocycles. The van der Waals surface area contributed by atoms with Crippen LogP contribution in [0.15, 0.2) is 34.9 Å². The van der Waals surface area contributed by atoms with E-state index >= 15 is 0 Å². The first kappa shape index (κ1) is 15.4. The number of fused-ring (bicyclic) bond motifs is 1. The van der Waals surface area contributed by atoms with Crippen molar-refractivity contribution in [2.24, 2.45) is 0 Å². The molecule has 5 nitrogen and oxygen atoms in total. The first-order chi connectivity index (χ1) is 11.7. The number of nitrogens with one attached hydrogen (secondary N) is 1. The number of likely N-dealkylation sites (tertiary alicyclic amines) is 1. The van der Waals surface area contributed by atoms with Crippen LogP contribution in [-0.2, 0) is 6.54 Å². The minimum Gasteiger partial charge on any atom is -0.360 e. The summed E-state index contributed by atoms with van der Waals surface area (Å²) in [6.07, 6.45) is 2.26. The molecule has 1 N–H and O–H groups in total. The molecule has 3 aromatic rings. The Labute approximate surface area is 142 Å². The van der Waals surface area contributed by atoms with Crippen LogP contribution in [0.2, 0.25) is 0 Å². The van der Waals surface area contributed by atoms with Crippen LogP contribution in [0.5, 0.6) is 0 Å². The van der Waals surface area contributed by atoms with Crippen LogP contribution in [0.3, 0.4) is 0 Å². The number of benzene rings is 1. The summed E-state index contributed by atoms with van der Waals surface area (Å²) in [6, 6.07) is 10.3. The van der Waals surface area contributed by atoms with E-state index in [1.54, 1.807) is 0 Å². The summed E-state index contributed by atoms with van der Waals surface area (Å²) >= 11 is 0. The molecule has 1 aliphatic rings. The van der Waals surface area contributed by atoms with E-state index in [-0.39, 0.29) is 0 Å². The summed E-state index contributed by atoms with van der Waals surface area (Å²) in [6.45, 7) is 7.27. The van der Waals surface area contributed by atoms with Gasteiger partial charge in [-0.2, -0.15) is 0 Å². The van der Waals surface area contributed by atoms with Gasteiger partial charge in [0.2, 0.25) is 0 Å². The Balaban J connectivity index is 1.37. The number of H-pyrrole nitrogens is 1. The molecule has 0 spiro atoms. The highest BCUT2D eigenvalue weighted by Gasteiger charge is 2.24. The summed E-state index contributed by atoms with van der Waals surface area (Å²) < 4.78 is 5.47. The molecule has 0 radical (unpaired) electrons. The van der Waals surface area contributed by atoms with Gasteiger partial charge in [0.05, 0.1) is 23.3 Å². The highest BCUT2D eigenvalue weighted by Crippen LogP contribution is 2.28. The number of imidazole rings is 1. The lowest BCUT2D eigenvalue weighted by atomic mass is 9.96. The molecule has 0 amide bonds. The molecule has 0 unspecified atom stereocenters. The van der Waals surface area contributed by atoms with Crippen LogP contribution < -0.4 is 0 Å². The summed E-state index contributed by atoms with van der Waals surface area (Å²) in [5.74, 6) is 3.05. The molecule has 126 valence electrons. The number of aromatic amines is 1. The van der Waals surface area contributed by atoms with Gasteiger partial charge in [-0.1, -0.05) is 31.1 Å². The number of para-hydroxylation sites is 2. The second-order valence-electron chi connectivity index (χ2n) is 7.06. The molecule has 0 atom stereocenters. The van der Waals surface area contributed by atoms with Gasteiger partial charge >= 0.3 is 0 Å². The molecule has 3 heterocycles. The Bertz CT molecular complexity index is 779. The maximum atomic E-state index is 5.47. The van der Waals surface area contributed by atoms with E-state index in [2.05, 4.69) is 53.2 Å². The molecule has 5 heteroatoms. The Hall–Kier alpha value is -2.14. The smallest absolute Gasteiger partial charge is 0.150 e. The summed E-state index contributed by atoms with van der Waals surface area (Å²) in [5, 5.41) is 4.15. The lowest BCUT2D eigenvalue weighted by molar-refractivity contribution is 0.182. The van der Waals surface area contributed by atoms with E-state index < -0.39 is 0 Å². The Morgan fingerprint density at radius 1 is 1.25 bits per heavy atom. The topological polar surface area (TPSA) is 58.0 Å². The van der Waals surface area contributed by atoms with Gasteiger partial charge in [0, 0.05) is 12.0 Å². The monoisotopic (exact) mass is 324 g/mol. The zero-order valence-corrected chi connectivity index (χ0v) is 14.3. The van der Waals surface area contributed by atoms with Crippen LogP contribution in [0.1, 0.15) is 55.8 Å². The standard InChI is InChI=1S/C19H24N4O/c1-13(2)18-11-15(24-22-18)12-23-9-7-14(8-10-23)19-20-16-5-3-4-6-17(16)21-19/h3-6,11,13-14H,7-10,12H2,1-2H3,(H,20,21). The average Bonchev–Trinajstić information content (AvgIpc) is 3.22. The third-order valence-electron chi connectivity index (χ3n) is 4.93. The average molecular weight is 324 g/mol. The van der Waals surface area contributed by atoms with Crippen molar-refractivity contribution in [1.29, 1.82) is 0 Å². The van der Waals surface area contributed by atoms with Crippen molar-refractivity contribution in [3.8, 4) is 0 Å². The van der Waals surface area contributed by atoms with Gasteiger partial charge < -0.3 is 9.51 Å². The molecule has 24 heavy (non-hydrogen) atoms. The molecule has 1 fully saturated rings. The van der Waals surface area contributed by atoms with Crippen LogP contribution in [0.4, 0.5) is 0 Å². The van der Waals surface area contributed by atoms with E-state index in [1.807, 2.05) is 6.07 Å². The van der Waals surface area contributed by atoms with Gasteiger partial charge in [0.25, 0.3) is 0 Å². The van der Waals surface area contributed by atoms with E-state index in [9.17, 15) is 0 Å². The molecule has 0 aliphatic carbocycles. The lowest BCUT2D eigenvalue weighted by Gasteiger charge is -2.30. The first-order valence-corrected chi connectivity index (χ1v) is 8.81. The predicted octanol–water partition coefficient (Wildman–Crippen LogP) is 4.05. The second kappa shape index (κ2) is 6.40. The maximum Gasteiger partial charge on any atom is 0.150 e. The summed E-state index contributed by atoms with van der Waals surface area (Å²) in [4.78, 5) is 10.7. The van der Waals surface area contributed by atoms with Crippen molar-refractivity contribution in [3.63, 3.8) is 0 Å². The third-order valence-corrected chi connectivity index (χ3v) is 4.93. The number of piperidine rings is 1. The zero-order chi connectivity index (χ0) is 16.5. The highest BCUT2D eigenvalue weighted by atomic mass is 16.5. The fourth-order valence-corrected chi connectivity index (χ4v) is 3.43. The number of rotatable bonds is 4. The Morgan fingerprint density at radius 3 is 2.75 bits per heavy atom. The molecule has 2 aromatic heterocycles. The maximum absolute atomic E-state index is 5.47. The first-order valence-electron chi connectivity index (χ1n) is 8.81. The fourth-order valence-electron chi connectivity index (χ4n) is 3.43. The molecule has 1 aromatic carbocycles. The van der Waals surface area contributed by atoms with Crippen molar-refractivity contribution >= 4 is 11.0 Å². The molecular formula is C19H24N4O. The molecular weight excluding hydrogens is 300 g/mol. The van der Waals surface area contributed by atoms with Crippen molar-refractivity contribution < 1.29 is 4.52 Å². The minimum atomic E-state index is 0.418. The van der Waals surface area contributed by atoms with Crippen LogP contribution in [0, 0.1) is 0 Å². The van der Waals surface area contributed by atoms with E-state index in [4.69, 9.17) is 9.51 Å². The predicted molar refractivity (Wildman–Crippen MR) is 93.9 cm³/mol. The molecule has 0 bridgehead atoms. The third kappa shape index (κ3) is 3.08. The van der Waals surface area contributed by atoms with Gasteiger partial charge in [-0.15, -0.1) is 0 Å². The second-order valence-corrected chi connectivity index (χ2v) is 7.06. The number of nitrogens with zero attached hydrogens (tertiary/aromatic N) is 3. The number of aromatic nitrogens is 3. The van der Waals surface area contributed by atoms with Gasteiger partial charge in [-0.25, -0.2) is 4.98 Å². The van der Waals surface area contributed by atoms with Gasteiger partial charge in [-0.05, 0) is 44.0 Å².